The molecule has 7 heteroatoms. The van der Waals surface area contributed by atoms with Gasteiger partial charge < -0.3 is 10.1 Å². The number of hydrogen-bond donors (Lipinski definition) is 2. The summed E-state index contributed by atoms with van der Waals surface area (Å²) in [6, 6.07) is 10.1. The first-order chi connectivity index (χ1) is 13.8. The van der Waals surface area contributed by atoms with Crippen LogP contribution in [0.5, 0.6) is 0 Å². The third kappa shape index (κ3) is 4.45. The summed E-state index contributed by atoms with van der Waals surface area (Å²) < 4.78 is 24.6. The Labute approximate surface area is 169 Å². The molecule has 0 spiro atoms. The van der Waals surface area contributed by atoms with Crippen molar-refractivity contribution in [2.45, 2.75) is 18.2 Å². The molecule has 0 atom stereocenters. The number of rotatable bonds is 5. The SMILES string of the molecule is CC(=O)c1[nH]c(-c2ccccc2S(C)(=O)=O)c(C#Cc2ccncc2)c1CCO. The molecule has 3 rings (SSSR count). The number of nitrogens with zero attached hydrogens (tertiary/aromatic N) is 1. The van der Waals surface area contributed by atoms with Gasteiger partial charge >= 0.3 is 0 Å². The van der Waals surface area contributed by atoms with Gasteiger partial charge in [0.1, 0.15) is 0 Å². The third-order valence-electron chi connectivity index (χ3n) is 4.39. The van der Waals surface area contributed by atoms with Crippen molar-refractivity contribution in [3.05, 3.63) is 71.2 Å². The highest BCUT2D eigenvalue weighted by atomic mass is 32.2. The van der Waals surface area contributed by atoms with Crippen LogP contribution in [-0.2, 0) is 16.3 Å². The number of benzene rings is 1. The van der Waals surface area contributed by atoms with Gasteiger partial charge in [-0.3, -0.25) is 9.78 Å². The number of carbonyl (C=O) groups is 1. The molecule has 0 aliphatic carbocycles. The van der Waals surface area contributed by atoms with E-state index in [4.69, 9.17) is 0 Å². The van der Waals surface area contributed by atoms with E-state index in [1.807, 2.05) is 0 Å². The predicted octanol–water partition coefficient (Wildman–Crippen LogP) is 2.62. The second-order valence-corrected chi connectivity index (χ2v) is 8.50. The minimum atomic E-state index is -3.51. The number of aliphatic hydroxyl groups excluding tert-OH is 1. The summed E-state index contributed by atoms with van der Waals surface area (Å²) in [6.45, 7) is 1.24. The van der Waals surface area contributed by atoms with Crippen molar-refractivity contribution >= 4 is 15.6 Å². The Bertz CT molecular complexity index is 1220. The van der Waals surface area contributed by atoms with Crippen LogP contribution in [0.4, 0.5) is 0 Å². The topological polar surface area (TPSA) is 100 Å². The predicted molar refractivity (Wildman–Crippen MR) is 110 cm³/mol. The van der Waals surface area contributed by atoms with E-state index in [2.05, 4.69) is 21.8 Å². The summed E-state index contributed by atoms with van der Waals surface area (Å²) in [4.78, 5) is 19.4. The Morgan fingerprint density at radius 2 is 1.83 bits per heavy atom. The fourth-order valence-electron chi connectivity index (χ4n) is 3.11. The van der Waals surface area contributed by atoms with E-state index in [0.717, 1.165) is 11.8 Å². The van der Waals surface area contributed by atoms with Gasteiger partial charge in [-0.15, -0.1) is 0 Å². The summed E-state index contributed by atoms with van der Waals surface area (Å²) in [5.41, 5.74) is 2.98. The van der Waals surface area contributed by atoms with Crippen LogP contribution >= 0.6 is 0 Å². The molecule has 0 unspecified atom stereocenters. The van der Waals surface area contributed by atoms with Gasteiger partial charge in [0.25, 0.3) is 0 Å². The monoisotopic (exact) mass is 408 g/mol. The maximum Gasteiger partial charge on any atom is 0.176 e. The normalized spacial score (nSPS) is 11.0. The quantitative estimate of drug-likeness (QED) is 0.499. The van der Waals surface area contributed by atoms with Crippen molar-refractivity contribution in [1.82, 2.24) is 9.97 Å². The van der Waals surface area contributed by atoms with Crippen molar-refractivity contribution < 1.29 is 18.3 Å². The maximum absolute atomic E-state index is 12.3. The molecule has 29 heavy (non-hydrogen) atoms. The minimum Gasteiger partial charge on any atom is -0.396 e. The van der Waals surface area contributed by atoms with E-state index in [1.165, 1.54) is 13.0 Å². The first-order valence-electron chi connectivity index (χ1n) is 8.91. The number of aromatic amines is 1. The van der Waals surface area contributed by atoms with Crippen molar-refractivity contribution in [2.75, 3.05) is 12.9 Å². The Morgan fingerprint density at radius 1 is 1.14 bits per heavy atom. The molecule has 0 aliphatic heterocycles. The van der Waals surface area contributed by atoms with Crippen LogP contribution < -0.4 is 0 Å². The van der Waals surface area contributed by atoms with E-state index >= 15 is 0 Å². The molecule has 2 aromatic heterocycles. The fraction of sp³-hybridized carbons (Fsp3) is 0.182. The maximum atomic E-state index is 12.3. The van der Waals surface area contributed by atoms with Crippen LogP contribution in [0.1, 0.15) is 34.1 Å². The highest BCUT2D eigenvalue weighted by Crippen LogP contribution is 2.33. The average Bonchev–Trinajstić information content (AvgIpc) is 3.05. The summed E-state index contributed by atoms with van der Waals surface area (Å²) >= 11 is 0. The van der Waals surface area contributed by atoms with Gasteiger partial charge in [0.2, 0.25) is 0 Å². The third-order valence-corrected chi connectivity index (χ3v) is 5.54. The smallest absolute Gasteiger partial charge is 0.176 e. The van der Waals surface area contributed by atoms with Crippen LogP contribution in [-0.4, -0.2) is 42.1 Å². The van der Waals surface area contributed by atoms with Crippen molar-refractivity contribution in [3.8, 4) is 23.1 Å². The molecule has 0 saturated heterocycles. The van der Waals surface area contributed by atoms with Gasteiger partial charge in [-0.05, 0) is 30.2 Å². The van der Waals surface area contributed by atoms with Gasteiger partial charge in [0.15, 0.2) is 15.6 Å². The number of Topliss-reactive ketones (excluding diaryl/α,β-unsaturated/α-hetero) is 1. The number of aliphatic hydroxyl groups is 1. The van der Waals surface area contributed by atoms with E-state index in [-0.39, 0.29) is 23.7 Å². The molecule has 0 radical (unpaired) electrons. The van der Waals surface area contributed by atoms with Crippen LogP contribution in [0.3, 0.4) is 0 Å². The molecule has 0 fully saturated rings. The Hall–Kier alpha value is -3.21. The Balaban J connectivity index is 2.32. The van der Waals surface area contributed by atoms with Gasteiger partial charge in [0.05, 0.1) is 21.8 Å². The Kier molecular flexibility index (Phi) is 5.97. The molecule has 2 heterocycles. The number of aromatic nitrogens is 2. The molecule has 6 nitrogen and oxygen atoms in total. The van der Waals surface area contributed by atoms with Crippen molar-refractivity contribution in [1.29, 1.82) is 0 Å². The molecule has 1 aromatic carbocycles. The lowest BCUT2D eigenvalue weighted by atomic mass is 10.0. The van der Waals surface area contributed by atoms with Crippen LogP contribution in [0, 0.1) is 11.8 Å². The molecular weight excluding hydrogens is 388 g/mol. The average molecular weight is 408 g/mol. The van der Waals surface area contributed by atoms with E-state index in [1.54, 1.807) is 42.7 Å². The van der Waals surface area contributed by atoms with E-state index in [0.29, 0.717) is 28.1 Å². The largest absolute Gasteiger partial charge is 0.396 e. The number of pyridine rings is 1. The summed E-state index contributed by atoms with van der Waals surface area (Å²) in [5, 5.41) is 9.52. The first kappa shape index (κ1) is 20.5. The van der Waals surface area contributed by atoms with Crippen LogP contribution in [0.2, 0.25) is 0 Å². The zero-order valence-electron chi connectivity index (χ0n) is 16.1. The standard InChI is InChI=1S/C22H20N2O4S/c1-15(26)21-18(11-14-25)17(8-7-16-9-12-23-13-10-16)22(24-21)19-5-3-4-6-20(19)29(2,27)28/h3-6,9-10,12-13,24-25H,11,14H2,1-2H3. The number of carbonyl (C=O) groups excluding carboxylic acids is 1. The molecule has 0 saturated carbocycles. The van der Waals surface area contributed by atoms with Crippen molar-refractivity contribution in [3.63, 3.8) is 0 Å². The fourth-order valence-corrected chi connectivity index (χ4v) is 4.00. The first-order valence-corrected chi connectivity index (χ1v) is 10.8. The number of ketones is 1. The minimum absolute atomic E-state index is 0.138. The summed E-state index contributed by atoms with van der Waals surface area (Å²) in [7, 11) is -3.51. The van der Waals surface area contributed by atoms with Crippen molar-refractivity contribution in [2.24, 2.45) is 0 Å². The second kappa shape index (κ2) is 8.43. The summed E-state index contributed by atoms with van der Waals surface area (Å²) in [5.74, 6) is 5.88. The molecule has 148 valence electrons. The molecular formula is C22H20N2O4S. The van der Waals surface area contributed by atoms with Gasteiger partial charge in [-0.1, -0.05) is 30.0 Å². The van der Waals surface area contributed by atoms with Crippen LogP contribution in [0.25, 0.3) is 11.3 Å². The number of nitrogens with one attached hydrogen (secondary N) is 1. The zero-order chi connectivity index (χ0) is 21.0. The Morgan fingerprint density at radius 3 is 2.45 bits per heavy atom. The number of H-pyrrole nitrogens is 1. The molecule has 0 amide bonds. The van der Waals surface area contributed by atoms with Crippen LogP contribution in [0.15, 0.2) is 53.7 Å². The second-order valence-electron chi connectivity index (χ2n) is 6.51. The van der Waals surface area contributed by atoms with E-state index < -0.39 is 9.84 Å². The lowest BCUT2D eigenvalue weighted by Gasteiger charge is -2.07. The molecule has 2 N–H and O–H groups in total. The van der Waals surface area contributed by atoms with E-state index in [9.17, 15) is 18.3 Å². The van der Waals surface area contributed by atoms with Gasteiger partial charge in [0, 0.05) is 43.3 Å². The molecule has 3 aromatic rings. The van der Waals surface area contributed by atoms with Gasteiger partial charge in [-0.25, -0.2) is 8.42 Å². The molecule has 0 bridgehead atoms. The zero-order valence-corrected chi connectivity index (χ0v) is 16.9. The number of sulfone groups is 1. The lowest BCUT2D eigenvalue weighted by molar-refractivity contribution is 0.101. The highest BCUT2D eigenvalue weighted by molar-refractivity contribution is 7.90. The highest BCUT2D eigenvalue weighted by Gasteiger charge is 2.23. The lowest BCUT2D eigenvalue weighted by Crippen LogP contribution is -2.01. The molecule has 0 aliphatic rings. The summed E-state index contributed by atoms with van der Waals surface area (Å²) in [6.07, 6.45) is 4.59. The number of hydrogen-bond acceptors (Lipinski definition) is 5. The van der Waals surface area contributed by atoms with Gasteiger partial charge in [-0.2, -0.15) is 0 Å².